The van der Waals surface area contributed by atoms with Gasteiger partial charge in [-0.3, -0.25) is 18.6 Å². The normalized spacial score (nSPS) is 15.7. The third-order valence-electron chi connectivity index (χ3n) is 8.80. The number of aliphatic hydroxyl groups excluding tert-OH is 3. The van der Waals surface area contributed by atoms with E-state index in [0.717, 1.165) is 44.4 Å². The van der Waals surface area contributed by atoms with E-state index >= 15 is 0 Å². The fourth-order valence-corrected chi connectivity index (χ4v) is 5.99. The average molecular weight is 799 g/mol. The zero-order chi connectivity index (χ0) is 40.8. The molecule has 0 bridgehead atoms. The summed E-state index contributed by atoms with van der Waals surface area (Å²) in [6, 6.07) is 0. The zero-order valence-corrected chi connectivity index (χ0v) is 35.0. The predicted molar refractivity (Wildman–Crippen MR) is 220 cm³/mol. The van der Waals surface area contributed by atoms with Crippen LogP contribution in [0.2, 0.25) is 0 Å². The van der Waals surface area contributed by atoms with Gasteiger partial charge in [0.2, 0.25) is 0 Å². The Hall–Kier alpha value is -2.37. The van der Waals surface area contributed by atoms with Crippen molar-refractivity contribution in [3.8, 4) is 0 Å². The van der Waals surface area contributed by atoms with E-state index in [4.69, 9.17) is 19.1 Å². The first-order chi connectivity index (χ1) is 26.5. The number of phosphoric ester groups is 1. The molecule has 0 rings (SSSR count). The van der Waals surface area contributed by atoms with E-state index in [1.165, 1.54) is 51.4 Å². The Bertz CT molecular complexity index is 1130. The molecule has 11 nitrogen and oxygen atoms in total. The molecule has 3 unspecified atom stereocenters. The van der Waals surface area contributed by atoms with Crippen LogP contribution < -0.4 is 0 Å². The molecule has 0 saturated carbocycles. The fraction of sp³-hybridized carbons (Fsp3) is 0.721. The number of hydrogen-bond donors (Lipinski definition) is 4. The number of carbonyl (C=O) groups excluding carboxylic acids is 2. The molecule has 0 saturated heterocycles. The molecule has 0 aromatic carbocycles. The number of hydrogen-bond acceptors (Lipinski definition) is 10. The number of rotatable bonds is 37. The monoisotopic (exact) mass is 799 g/mol. The minimum atomic E-state index is -4.64. The summed E-state index contributed by atoms with van der Waals surface area (Å²) in [6.07, 6.45) is 35.4. The Morgan fingerprint density at radius 3 is 1.93 bits per heavy atom. The van der Waals surface area contributed by atoms with Crippen LogP contribution in [-0.2, 0) is 32.7 Å². The molecule has 0 fully saturated rings. The topological polar surface area (TPSA) is 169 Å². The van der Waals surface area contributed by atoms with Crippen LogP contribution in [-0.4, -0.2) is 76.9 Å². The zero-order valence-electron chi connectivity index (χ0n) is 34.1. The van der Waals surface area contributed by atoms with Gasteiger partial charge < -0.3 is 29.7 Å². The van der Waals surface area contributed by atoms with Crippen LogP contribution in [0.5, 0.6) is 0 Å². The lowest BCUT2D eigenvalue weighted by atomic mass is 9.99. The molecule has 12 heteroatoms. The van der Waals surface area contributed by atoms with Crippen LogP contribution in [0.3, 0.4) is 0 Å². The lowest BCUT2D eigenvalue weighted by Gasteiger charge is -2.20. The Kier molecular flexibility index (Phi) is 35.6. The summed E-state index contributed by atoms with van der Waals surface area (Å²) < 4.78 is 32.6. The van der Waals surface area contributed by atoms with Crippen molar-refractivity contribution in [3.05, 3.63) is 60.8 Å². The van der Waals surface area contributed by atoms with Crippen molar-refractivity contribution in [3.63, 3.8) is 0 Å². The molecular formula is C43H75O11P. The van der Waals surface area contributed by atoms with Crippen molar-refractivity contribution in [2.75, 3.05) is 26.4 Å². The van der Waals surface area contributed by atoms with Gasteiger partial charge in [0.15, 0.2) is 6.10 Å². The molecule has 0 aliphatic carbocycles. The van der Waals surface area contributed by atoms with Gasteiger partial charge in [-0.2, -0.15) is 0 Å². The second-order valence-electron chi connectivity index (χ2n) is 14.1. The number of esters is 2. The maximum absolute atomic E-state index is 12.6. The van der Waals surface area contributed by atoms with Gasteiger partial charge >= 0.3 is 19.8 Å². The minimum Gasteiger partial charge on any atom is -0.462 e. The number of ether oxygens (including phenoxy) is 2. The van der Waals surface area contributed by atoms with Crippen molar-refractivity contribution in [2.24, 2.45) is 5.92 Å². The molecule has 0 aliphatic rings. The summed E-state index contributed by atoms with van der Waals surface area (Å²) in [5, 5.41) is 28.1. The Morgan fingerprint density at radius 1 is 0.691 bits per heavy atom. The fourth-order valence-electron chi connectivity index (χ4n) is 5.20. The molecule has 0 aromatic rings. The third-order valence-corrected chi connectivity index (χ3v) is 9.75. The second kappa shape index (κ2) is 37.2. The van der Waals surface area contributed by atoms with E-state index in [0.29, 0.717) is 25.7 Å². The highest BCUT2D eigenvalue weighted by molar-refractivity contribution is 7.47. The number of phosphoric acid groups is 1. The van der Waals surface area contributed by atoms with Gasteiger partial charge in [0.05, 0.1) is 25.9 Å². The molecule has 0 spiro atoms. The second-order valence-corrected chi connectivity index (χ2v) is 15.5. The highest BCUT2D eigenvalue weighted by Gasteiger charge is 2.27. The van der Waals surface area contributed by atoms with Crippen LogP contribution in [0, 0.1) is 5.92 Å². The van der Waals surface area contributed by atoms with Crippen LogP contribution in [0.4, 0.5) is 0 Å². The summed E-state index contributed by atoms with van der Waals surface area (Å²) in [5.74, 6) is -0.193. The first-order valence-electron chi connectivity index (χ1n) is 20.7. The van der Waals surface area contributed by atoms with Crippen molar-refractivity contribution < 1.29 is 52.9 Å². The molecular weight excluding hydrogens is 723 g/mol. The van der Waals surface area contributed by atoms with Crippen LogP contribution in [0.1, 0.15) is 149 Å². The summed E-state index contributed by atoms with van der Waals surface area (Å²) in [7, 11) is -4.64. The van der Waals surface area contributed by atoms with Crippen molar-refractivity contribution >= 4 is 19.8 Å². The SMILES string of the molecule is CC/C=C\C(O)C/C=C/C=C\C/C=C\C/C=C\CCCC(=O)OC[C@H](COP(=O)(O)OC[C@@H](O)CO)OC(=O)CCCCCCCCCCCCC(C)CC. The molecule has 0 radical (unpaired) electrons. The number of carbonyl (C=O) groups is 2. The van der Waals surface area contributed by atoms with E-state index in [2.05, 4.69) is 30.5 Å². The maximum Gasteiger partial charge on any atom is 0.472 e. The number of allylic oxidation sites excluding steroid dienone is 8. The predicted octanol–water partition coefficient (Wildman–Crippen LogP) is 9.55. The summed E-state index contributed by atoms with van der Waals surface area (Å²) in [4.78, 5) is 34.9. The highest BCUT2D eigenvalue weighted by atomic mass is 31.2. The van der Waals surface area contributed by atoms with Crippen molar-refractivity contribution in [2.45, 2.75) is 167 Å². The summed E-state index contributed by atoms with van der Waals surface area (Å²) >= 11 is 0. The van der Waals surface area contributed by atoms with Gasteiger partial charge in [0, 0.05) is 12.8 Å². The quantitative estimate of drug-likeness (QED) is 0.0155. The third kappa shape index (κ3) is 37.0. The Labute approximate surface area is 332 Å². The first-order valence-corrected chi connectivity index (χ1v) is 22.2. The maximum atomic E-state index is 12.6. The molecule has 0 aromatic heterocycles. The summed E-state index contributed by atoms with van der Waals surface area (Å²) in [6.45, 7) is 4.38. The van der Waals surface area contributed by atoms with Crippen molar-refractivity contribution in [1.29, 1.82) is 0 Å². The van der Waals surface area contributed by atoms with Crippen LogP contribution >= 0.6 is 7.82 Å². The van der Waals surface area contributed by atoms with Crippen molar-refractivity contribution in [1.82, 2.24) is 0 Å². The lowest BCUT2D eigenvalue weighted by molar-refractivity contribution is -0.161. The lowest BCUT2D eigenvalue weighted by Crippen LogP contribution is -2.29. The Morgan fingerprint density at radius 2 is 1.27 bits per heavy atom. The number of unbranched alkanes of at least 4 members (excludes halogenated alkanes) is 10. The summed E-state index contributed by atoms with van der Waals surface area (Å²) in [5.41, 5.74) is 0. The molecule has 0 amide bonds. The molecule has 55 heavy (non-hydrogen) atoms. The van der Waals surface area contributed by atoms with Crippen LogP contribution in [0.15, 0.2) is 60.8 Å². The van der Waals surface area contributed by atoms with E-state index in [1.54, 1.807) is 6.08 Å². The smallest absolute Gasteiger partial charge is 0.462 e. The van der Waals surface area contributed by atoms with E-state index in [-0.39, 0.29) is 19.4 Å². The highest BCUT2D eigenvalue weighted by Crippen LogP contribution is 2.43. The van der Waals surface area contributed by atoms with Gasteiger partial charge in [-0.25, -0.2) is 4.57 Å². The molecule has 4 N–H and O–H groups in total. The molecule has 0 heterocycles. The molecule has 318 valence electrons. The van der Waals surface area contributed by atoms with Crippen LogP contribution in [0.25, 0.3) is 0 Å². The van der Waals surface area contributed by atoms with Gasteiger partial charge in [-0.05, 0) is 50.9 Å². The average Bonchev–Trinajstić information content (AvgIpc) is 3.17. The Balaban J connectivity index is 4.46. The number of aliphatic hydroxyl groups is 3. The minimum absolute atomic E-state index is 0.144. The van der Waals surface area contributed by atoms with E-state index in [9.17, 15) is 29.3 Å². The molecule has 0 aliphatic heterocycles. The van der Waals surface area contributed by atoms with E-state index in [1.807, 2.05) is 49.5 Å². The first kappa shape index (κ1) is 52.6. The van der Waals surface area contributed by atoms with Gasteiger partial charge in [0.1, 0.15) is 12.7 Å². The largest absolute Gasteiger partial charge is 0.472 e. The van der Waals surface area contributed by atoms with Gasteiger partial charge in [-0.1, -0.05) is 152 Å². The van der Waals surface area contributed by atoms with Gasteiger partial charge in [0.25, 0.3) is 0 Å². The standard InChI is InChI=1S/C43H75O11P/c1-4-6-30-39(45)31-26-22-18-14-9-7-8-10-15-19-23-27-32-42(47)51-36-41(37-53-55(49,50)52-35-40(46)34-44)54-43(48)33-28-24-20-16-12-11-13-17-21-25-29-38(3)5-2/h6-8,14-15,18-19,22,26,30,38-41,44-46H,4-5,9-13,16-17,20-21,23-25,27-29,31-37H2,1-3H3,(H,49,50)/b8-7-,18-14-,19-15-,26-22+,30-6-/t38?,39?,40-,41+/m0/s1. The van der Waals surface area contributed by atoms with Gasteiger partial charge in [-0.15, -0.1) is 0 Å². The van der Waals surface area contributed by atoms with E-state index < -0.39 is 57.9 Å². The molecule has 5 atom stereocenters.